The molecule has 0 amide bonds. The molecule has 4 aromatic rings. The number of hydrogen-bond acceptors (Lipinski definition) is 6. The van der Waals surface area contributed by atoms with Gasteiger partial charge in [0, 0.05) is 41.7 Å². The Balaban J connectivity index is 1.36. The molecule has 1 atom stereocenters. The van der Waals surface area contributed by atoms with Crippen LogP contribution in [0.4, 0.5) is 11.5 Å². The third-order valence-electron chi connectivity index (χ3n) is 6.55. The second-order valence-corrected chi connectivity index (χ2v) is 11.9. The molecule has 186 valence electrons. The number of benzene rings is 3. The Morgan fingerprint density at radius 2 is 1.64 bits per heavy atom. The van der Waals surface area contributed by atoms with Gasteiger partial charge in [0.05, 0.1) is 16.5 Å². The molecule has 0 radical (unpaired) electrons. The molecule has 1 aliphatic rings. The fourth-order valence-corrected chi connectivity index (χ4v) is 6.17. The number of rotatable bonds is 6. The van der Waals surface area contributed by atoms with Crippen LogP contribution in [-0.4, -0.2) is 53.8 Å². The fraction of sp³-hybridized carbons (Fsp3) is 0.259. The van der Waals surface area contributed by atoms with E-state index in [0.29, 0.717) is 36.9 Å². The summed E-state index contributed by atoms with van der Waals surface area (Å²) < 4.78 is 28.6. The van der Waals surface area contributed by atoms with E-state index in [-0.39, 0.29) is 6.04 Å². The number of hydrogen-bond donors (Lipinski definition) is 1. The molecule has 9 heteroatoms. The summed E-state index contributed by atoms with van der Waals surface area (Å²) in [5.74, 6) is 1.48. The molecular formula is C27H28BrN5O2S. The molecule has 0 unspecified atom stereocenters. The lowest BCUT2D eigenvalue weighted by Crippen LogP contribution is -2.49. The third-order valence-corrected chi connectivity index (χ3v) is 8.99. The minimum absolute atomic E-state index is 0.0646. The summed E-state index contributed by atoms with van der Waals surface area (Å²) in [5.41, 5.74) is 3.02. The molecule has 2 heterocycles. The zero-order valence-corrected chi connectivity index (χ0v) is 22.6. The van der Waals surface area contributed by atoms with Crippen LogP contribution >= 0.6 is 15.9 Å². The van der Waals surface area contributed by atoms with Gasteiger partial charge in [0.1, 0.15) is 11.6 Å². The van der Waals surface area contributed by atoms with Crippen molar-refractivity contribution in [3.63, 3.8) is 0 Å². The van der Waals surface area contributed by atoms with E-state index >= 15 is 0 Å². The van der Waals surface area contributed by atoms with Gasteiger partial charge >= 0.3 is 0 Å². The van der Waals surface area contributed by atoms with Crippen molar-refractivity contribution in [2.75, 3.05) is 31.5 Å². The van der Waals surface area contributed by atoms with Crippen molar-refractivity contribution in [3.05, 3.63) is 88.7 Å². The molecule has 1 fully saturated rings. The Hall–Kier alpha value is -2.85. The molecule has 1 aromatic heterocycles. The lowest BCUT2D eigenvalue weighted by Gasteiger charge is -2.36. The topological polar surface area (TPSA) is 78.4 Å². The summed E-state index contributed by atoms with van der Waals surface area (Å²) in [4.78, 5) is 12.3. The normalized spacial score (nSPS) is 16.2. The number of anilines is 2. The Labute approximate surface area is 220 Å². The van der Waals surface area contributed by atoms with Gasteiger partial charge in [0.15, 0.2) is 0 Å². The van der Waals surface area contributed by atoms with Crippen molar-refractivity contribution in [3.8, 4) is 0 Å². The fourth-order valence-electron chi connectivity index (χ4n) is 4.49. The largest absolute Gasteiger partial charge is 0.340 e. The molecule has 5 rings (SSSR count). The Morgan fingerprint density at radius 3 is 2.36 bits per heavy atom. The highest BCUT2D eigenvalue weighted by molar-refractivity contribution is 9.10. The van der Waals surface area contributed by atoms with E-state index in [4.69, 9.17) is 9.97 Å². The predicted molar refractivity (Wildman–Crippen MR) is 147 cm³/mol. The van der Waals surface area contributed by atoms with Gasteiger partial charge in [0.2, 0.25) is 10.0 Å². The number of fused-ring (bicyclic) bond motifs is 1. The van der Waals surface area contributed by atoms with Gasteiger partial charge in [-0.15, -0.1) is 0 Å². The van der Waals surface area contributed by atoms with Crippen molar-refractivity contribution < 1.29 is 8.42 Å². The van der Waals surface area contributed by atoms with Gasteiger partial charge in [-0.1, -0.05) is 40.2 Å². The number of aryl methyl sites for hydroxylation is 1. The van der Waals surface area contributed by atoms with Crippen LogP contribution in [0.25, 0.3) is 10.9 Å². The Bertz CT molecular complexity index is 1490. The lowest BCUT2D eigenvalue weighted by atomic mass is 10.1. The monoisotopic (exact) mass is 565 g/mol. The number of nitrogens with one attached hydrogen (secondary N) is 1. The van der Waals surface area contributed by atoms with Gasteiger partial charge < -0.3 is 5.32 Å². The molecular weight excluding hydrogens is 538 g/mol. The zero-order valence-electron chi connectivity index (χ0n) is 20.2. The van der Waals surface area contributed by atoms with E-state index in [1.807, 2.05) is 36.4 Å². The standard InChI is InChI=1S/C27H28BrN5O2S/c1-19-6-5-7-22(18-19)29-27-24-8-3-4-9-25(24)30-26(31-27)20(2)32-14-16-33(17-15-32)36(34,35)23-12-10-21(28)11-13-23/h3-13,18,20H,14-17H2,1-2H3,(H,29,30,31)/t20-/m1/s1. The highest BCUT2D eigenvalue weighted by Gasteiger charge is 2.31. The maximum atomic E-state index is 13.1. The van der Waals surface area contributed by atoms with Crippen LogP contribution in [-0.2, 0) is 10.0 Å². The molecule has 0 bridgehead atoms. The average molecular weight is 567 g/mol. The van der Waals surface area contributed by atoms with Gasteiger partial charge in [-0.05, 0) is 67.9 Å². The lowest BCUT2D eigenvalue weighted by molar-refractivity contribution is 0.141. The molecule has 36 heavy (non-hydrogen) atoms. The van der Waals surface area contributed by atoms with E-state index in [0.717, 1.165) is 26.9 Å². The average Bonchev–Trinajstić information content (AvgIpc) is 2.88. The number of para-hydroxylation sites is 1. The summed E-state index contributed by atoms with van der Waals surface area (Å²) in [6.07, 6.45) is 0. The minimum atomic E-state index is -3.52. The van der Waals surface area contributed by atoms with Crippen LogP contribution in [0.5, 0.6) is 0 Å². The molecule has 0 aliphatic carbocycles. The Morgan fingerprint density at radius 1 is 0.917 bits per heavy atom. The highest BCUT2D eigenvalue weighted by atomic mass is 79.9. The van der Waals surface area contributed by atoms with Gasteiger partial charge in [-0.2, -0.15) is 4.31 Å². The van der Waals surface area contributed by atoms with Crippen molar-refractivity contribution in [2.45, 2.75) is 24.8 Å². The number of halogens is 1. The van der Waals surface area contributed by atoms with Crippen molar-refractivity contribution in [1.82, 2.24) is 19.2 Å². The van der Waals surface area contributed by atoms with E-state index in [1.54, 1.807) is 28.6 Å². The van der Waals surface area contributed by atoms with E-state index in [2.05, 4.69) is 52.1 Å². The van der Waals surface area contributed by atoms with Crippen molar-refractivity contribution in [1.29, 1.82) is 0 Å². The summed E-state index contributed by atoms with van der Waals surface area (Å²) in [7, 11) is -3.52. The number of aromatic nitrogens is 2. The molecule has 1 saturated heterocycles. The van der Waals surface area contributed by atoms with E-state index < -0.39 is 10.0 Å². The third kappa shape index (κ3) is 5.15. The smallest absolute Gasteiger partial charge is 0.243 e. The molecule has 3 aromatic carbocycles. The van der Waals surface area contributed by atoms with Crippen LogP contribution in [0.15, 0.2) is 82.2 Å². The molecule has 1 N–H and O–H groups in total. The number of piperazine rings is 1. The summed E-state index contributed by atoms with van der Waals surface area (Å²) in [6.45, 7) is 6.20. The minimum Gasteiger partial charge on any atom is -0.340 e. The summed E-state index contributed by atoms with van der Waals surface area (Å²) >= 11 is 3.36. The van der Waals surface area contributed by atoms with Crippen LogP contribution in [0.1, 0.15) is 24.4 Å². The van der Waals surface area contributed by atoms with Crippen LogP contribution < -0.4 is 5.32 Å². The quantitative estimate of drug-likeness (QED) is 0.332. The second kappa shape index (κ2) is 10.3. The van der Waals surface area contributed by atoms with Gasteiger partial charge in [0.25, 0.3) is 0 Å². The summed E-state index contributed by atoms with van der Waals surface area (Å²) in [5, 5.41) is 4.43. The first-order valence-corrected chi connectivity index (χ1v) is 14.1. The first kappa shape index (κ1) is 24.8. The highest BCUT2D eigenvalue weighted by Crippen LogP contribution is 2.29. The van der Waals surface area contributed by atoms with Crippen LogP contribution in [0.2, 0.25) is 0 Å². The molecule has 1 aliphatic heterocycles. The SMILES string of the molecule is Cc1cccc(Nc2nc([C@@H](C)N3CCN(S(=O)(=O)c4ccc(Br)cc4)CC3)nc3ccccc23)c1. The van der Waals surface area contributed by atoms with Crippen molar-refractivity contribution in [2.24, 2.45) is 0 Å². The van der Waals surface area contributed by atoms with Crippen LogP contribution in [0.3, 0.4) is 0 Å². The van der Waals surface area contributed by atoms with E-state index in [1.165, 1.54) is 5.56 Å². The Kier molecular flexibility index (Phi) is 7.07. The van der Waals surface area contributed by atoms with E-state index in [9.17, 15) is 8.42 Å². The van der Waals surface area contributed by atoms with Crippen LogP contribution in [0, 0.1) is 6.92 Å². The van der Waals surface area contributed by atoms with Gasteiger partial charge in [-0.25, -0.2) is 18.4 Å². The second-order valence-electron chi connectivity index (χ2n) is 9.01. The summed E-state index contributed by atoms with van der Waals surface area (Å²) in [6, 6.07) is 22.9. The van der Waals surface area contributed by atoms with Gasteiger partial charge in [-0.3, -0.25) is 4.90 Å². The number of sulfonamides is 1. The maximum absolute atomic E-state index is 13.1. The predicted octanol–water partition coefficient (Wildman–Crippen LogP) is 5.51. The molecule has 7 nitrogen and oxygen atoms in total. The zero-order chi connectivity index (χ0) is 25.3. The maximum Gasteiger partial charge on any atom is 0.243 e. The van der Waals surface area contributed by atoms with Crippen molar-refractivity contribution >= 4 is 48.4 Å². The molecule has 0 saturated carbocycles. The first-order valence-electron chi connectivity index (χ1n) is 11.9. The first-order chi connectivity index (χ1) is 17.3. The molecule has 0 spiro atoms. The number of nitrogens with zero attached hydrogens (tertiary/aromatic N) is 4.